The molecule has 0 bridgehead atoms. The van der Waals surface area contributed by atoms with Crippen LogP contribution >= 0.6 is 0 Å². The average Bonchev–Trinajstić information content (AvgIpc) is 3.16. The van der Waals surface area contributed by atoms with Gasteiger partial charge in [0.25, 0.3) is 0 Å². The van der Waals surface area contributed by atoms with Crippen LogP contribution in [0, 0.1) is 0 Å². The molecule has 3 aromatic heterocycles. The minimum atomic E-state index is -0.200. The van der Waals surface area contributed by atoms with E-state index in [0.717, 1.165) is 35.5 Å². The Labute approximate surface area is 187 Å². The lowest BCUT2D eigenvalue weighted by molar-refractivity contribution is -0.114. The number of pyridine rings is 2. The number of unbranched alkanes of at least 4 members (excludes halogenated alkanes) is 1. The Bertz CT molecular complexity index is 1120. The molecule has 1 amide bonds. The molecule has 8 nitrogen and oxygen atoms in total. The molecule has 0 aliphatic rings. The number of aliphatic hydroxyl groups excluding tert-OH is 1. The van der Waals surface area contributed by atoms with Crippen LogP contribution in [-0.4, -0.2) is 31.4 Å². The van der Waals surface area contributed by atoms with Crippen LogP contribution in [0.2, 0.25) is 0 Å². The number of anilines is 2. The lowest BCUT2D eigenvalue weighted by Crippen LogP contribution is -2.19. The third kappa shape index (κ3) is 5.89. The number of aromatic nitrogens is 3. The van der Waals surface area contributed by atoms with E-state index in [1.54, 1.807) is 24.5 Å². The van der Waals surface area contributed by atoms with Gasteiger partial charge in [-0.1, -0.05) is 25.5 Å². The molecule has 0 radical (unpaired) electrons. The Morgan fingerprint density at radius 1 is 1.19 bits per heavy atom. The smallest absolute Gasteiger partial charge is 0.222 e. The van der Waals surface area contributed by atoms with Gasteiger partial charge in [0, 0.05) is 49.9 Å². The second kappa shape index (κ2) is 11.0. The third-order valence-electron chi connectivity index (χ3n) is 4.66. The van der Waals surface area contributed by atoms with E-state index in [2.05, 4.69) is 33.6 Å². The fourth-order valence-electron chi connectivity index (χ4n) is 3.19. The third-order valence-corrected chi connectivity index (χ3v) is 4.66. The number of aliphatic hydroxyl groups is 1. The van der Waals surface area contributed by atoms with E-state index in [4.69, 9.17) is 4.99 Å². The van der Waals surface area contributed by atoms with Gasteiger partial charge < -0.3 is 20.3 Å². The summed E-state index contributed by atoms with van der Waals surface area (Å²) in [6.45, 7) is 3.42. The summed E-state index contributed by atoms with van der Waals surface area (Å²) in [7, 11) is 1.90. The van der Waals surface area contributed by atoms with Gasteiger partial charge in [-0.3, -0.25) is 9.78 Å². The molecule has 3 N–H and O–H groups in total. The molecule has 8 heteroatoms. The summed E-state index contributed by atoms with van der Waals surface area (Å²) in [6.07, 6.45) is 9.11. The van der Waals surface area contributed by atoms with Crippen LogP contribution in [0.5, 0.6) is 0 Å². The van der Waals surface area contributed by atoms with Gasteiger partial charge in [-0.25, -0.2) is 9.98 Å². The quantitative estimate of drug-likeness (QED) is 0.369. The molecule has 0 aliphatic carbocycles. The summed E-state index contributed by atoms with van der Waals surface area (Å²) in [5.41, 5.74) is 3.68. The summed E-state index contributed by atoms with van der Waals surface area (Å²) in [5, 5.41) is 15.9. The molecule has 0 saturated heterocycles. The van der Waals surface area contributed by atoms with Crippen LogP contribution in [0.4, 0.5) is 11.5 Å². The number of aliphatic imine (C=N–C) groups is 1. The van der Waals surface area contributed by atoms with Gasteiger partial charge in [-0.05, 0) is 30.7 Å². The highest BCUT2D eigenvalue weighted by Gasteiger charge is 2.16. The van der Waals surface area contributed by atoms with Crippen molar-refractivity contribution in [1.82, 2.24) is 14.5 Å². The Kier molecular flexibility index (Phi) is 7.88. The first-order valence-electron chi connectivity index (χ1n) is 10.5. The number of amides is 1. The van der Waals surface area contributed by atoms with Gasteiger partial charge in [0.15, 0.2) is 5.84 Å². The Morgan fingerprint density at radius 2 is 2.03 bits per heavy atom. The molecule has 0 aliphatic heterocycles. The van der Waals surface area contributed by atoms with Crippen molar-refractivity contribution < 1.29 is 9.90 Å². The maximum Gasteiger partial charge on any atom is 0.222 e. The van der Waals surface area contributed by atoms with E-state index in [9.17, 15) is 9.90 Å². The van der Waals surface area contributed by atoms with Crippen molar-refractivity contribution >= 4 is 28.9 Å². The van der Waals surface area contributed by atoms with Gasteiger partial charge >= 0.3 is 0 Å². The minimum absolute atomic E-state index is 0.123. The zero-order chi connectivity index (χ0) is 22.9. The number of rotatable bonds is 8. The van der Waals surface area contributed by atoms with Crippen molar-refractivity contribution in [2.24, 2.45) is 12.0 Å². The maximum atomic E-state index is 11.4. The predicted molar refractivity (Wildman–Crippen MR) is 127 cm³/mol. The topological polar surface area (TPSA) is 104 Å². The number of aryl methyl sites for hydroxylation is 1. The molecule has 0 fully saturated rings. The van der Waals surface area contributed by atoms with Crippen molar-refractivity contribution in [3.63, 3.8) is 0 Å². The Hall–Kier alpha value is -3.78. The van der Waals surface area contributed by atoms with Gasteiger partial charge in [0.05, 0.1) is 23.7 Å². The molecule has 166 valence electrons. The summed E-state index contributed by atoms with van der Waals surface area (Å²) < 4.78 is 1.91. The fourth-order valence-corrected chi connectivity index (χ4v) is 3.19. The molecule has 3 heterocycles. The normalized spacial score (nSPS) is 12.0. The van der Waals surface area contributed by atoms with Crippen molar-refractivity contribution in [3.8, 4) is 0 Å². The number of nitrogens with zero attached hydrogens (tertiary/aromatic N) is 4. The number of carbonyl (C=O) groups excluding carboxylic acids is 1. The van der Waals surface area contributed by atoms with Crippen LogP contribution in [-0.2, 0) is 18.4 Å². The van der Waals surface area contributed by atoms with Gasteiger partial charge in [0.2, 0.25) is 5.91 Å². The monoisotopic (exact) mass is 432 g/mol. The first kappa shape index (κ1) is 22.9. The van der Waals surface area contributed by atoms with Crippen molar-refractivity contribution in [2.45, 2.75) is 33.3 Å². The highest BCUT2D eigenvalue weighted by molar-refractivity contribution is 6.10. The van der Waals surface area contributed by atoms with E-state index >= 15 is 0 Å². The number of amidine groups is 1. The molecule has 0 spiro atoms. The standard InChI is InChI=1S/C24H28N6O2/c1-4-5-8-21(20-9-6-7-12-25-20)29-24(23-18(16-31)11-14-30(23)3)28-19-10-13-26-22(15-19)27-17(2)32/h6-15,31H,4-5,16H2,1-3H3,(H2,26,27,28,29,32)/b21-8+. The SMILES string of the molecule is CCC/C=C(/N=C(Nc1ccnc(NC(C)=O)c1)c1c(CO)ccn1C)c1ccccn1. The lowest BCUT2D eigenvalue weighted by Gasteiger charge is -2.15. The van der Waals surface area contributed by atoms with E-state index in [1.807, 2.05) is 42.1 Å². The van der Waals surface area contributed by atoms with Gasteiger partial charge in [-0.2, -0.15) is 0 Å². The first-order chi connectivity index (χ1) is 15.5. The Morgan fingerprint density at radius 3 is 2.72 bits per heavy atom. The number of carbonyl (C=O) groups is 1. The van der Waals surface area contributed by atoms with Gasteiger partial charge in [0.1, 0.15) is 5.82 Å². The van der Waals surface area contributed by atoms with Crippen LogP contribution in [0.25, 0.3) is 5.70 Å². The number of nitrogens with one attached hydrogen (secondary N) is 2. The van der Waals surface area contributed by atoms with Crippen molar-refractivity contribution in [3.05, 3.63) is 78.0 Å². The summed E-state index contributed by atoms with van der Waals surface area (Å²) in [6, 6.07) is 11.1. The van der Waals surface area contributed by atoms with E-state index in [-0.39, 0.29) is 12.5 Å². The van der Waals surface area contributed by atoms with Crippen LogP contribution in [0.3, 0.4) is 0 Å². The van der Waals surface area contributed by atoms with Crippen molar-refractivity contribution in [1.29, 1.82) is 0 Å². The highest BCUT2D eigenvalue weighted by Crippen LogP contribution is 2.21. The van der Waals surface area contributed by atoms with Crippen LogP contribution in [0.1, 0.15) is 43.6 Å². The molecule has 0 unspecified atom stereocenters. The molecule has 0 saturated carbocycles. The van der Waals surface area contributed by atoms with Crippen LogP contribution in [0.15, 0.2) is 66.1 Å². The molecule has 3 aromatic rings. The number of hydrogen-bond acceptors (Lipinski definition) is 5. The lowest BCUT2D eigenvalue weighted by atomic mass is 10.2. The minimum Gasteiger partial charge on any atom is -0.392 e. The summed E-state index contributed by atoms with van der Waals surface area (Å²) >= 11 is 0. The Balaban J connectivity index is 2.10. The zero-order valence-corrected chi connectivity index (χ0v) is 18.5. The first-order valence-corrected chi connectivity index (χ1v) is 10.5. The summed E-state index contributed by atoms with van der Waals surface area (Å²) in [4.78, 5) is 25.0. The second-order valence-corrected chi connectivity index (χ2v) is 7.25. The van der Waals surface area contributed by atoms with E-state index < -0.39 is 0 Å². The molecular weight excluding hydrogens is 404 g/mol. The second-order valence-electron chi connectivity index (χ2n) is 7.25. The largest absolute Gasteiger partial charge is 0.392 e. The van der Waals surface area contributed by atoms with Crippen molar-refractivity contribution in [2.75, 3.05) is 10.6 Å². The van der Waals surface area contributed by atoms with E-state index in [0.29, 0.717) is 17.3 Å². The molecule has 0 atom stereocenters. The van der Waals surface area contributed by atoms with Crippen LogP contribution < -0.4 is 10.6 Å². The highest BCUT2D eigenvalue weighted by atomic mass is 16.3. The predicted octanol–water partition coefficient (Wildman–Crippen LogP) is 3.97. The fraction of sp³-hybridized carbons (Fsp3) is 0.250. The molecule has 0 aromatic carbocycles. The molecule has 3 rings (SSSR count). The molecule has 32 heavy (non-hydrogen) atoms. The molecular formula is C24H28N6O2. The van der Waals surface area contributed by atoms with Gasteiger partial charge in [-0.15, -0.1) is 0 Å². The zero-order valence-electron chi connectivity index (χ0n) is 18.5. The average molecular weight is 433 g/mol. The summed E-state index contributed by atoms with van der Waals surface area (Å²) in [5.74, 6) is 0.783. The van der Waals surface area contributed by atoms with E-state index in [1.165, 1.54) is 6.92 Å². The number of hydrogen-bond donors (Lipinski definition) is 3. The maximum absolute atomic E-state index is 11.4. The number of allylic oxidation sites excluding steroid dienone is 1.